The van der Waals surface area contributed by atoms with Crippen molar-refractivity contribution in [3.8, 4) is 0 Å². The first-order valence-electron chi connectivity index (χ1n) is 6.73. The maximum Gasteiger partial charge on any atom is 0.0782 e. The van der Waals surface area contributed by atoms with E-state index < -0.39 is 6.10 Å². The third kappa shape index (κ3) is 2.89. The number of rotatable bonds is 2. The van der Waals surface area contributed by atoms with Crippen molar-refractivity contribution in [3.05, 3.63) is 28.2 Å². The van der Waals surface area contributed by atoms with Gasteiger partial charge in [-0.25, -0.2) is 0 Å². The van der Waals surface area contributed by atoms with E-state index in [9.17, 15) is 5.11 Å². The van der Waals surface area contributed by atoms with Crippen molar-refractivity contribution in [3.63, 3.8) is 0 Å². The first-order valence-corrected chi connectivity index (χ1v) is 7.52. The van der Waals surface area contributed by atoms with E-state index in [1.165, 1.54) is 18.5 Å². The second-order valence-corrected chi connectivity index (χ2v) is 6.47. The normalized spacial score (nSPS) is 26.2. The molecule has 1 aromatic carbocycles. The van der Waals surface area contributed by atoms with E-state index in [1.807, 2.05) is 13.0 Å². The lowest BCUT2D eigenvalue weighted by Gasteiger charge is -2.39. The summed E-state index contributed by atoms with van der Waals surface area (Å²) in [5.41, 5.74) is 2.21. The summed E-state index contributed by atoms with van der Waals surface area (Å²) in [4.78, 5) is 2.44. The summed E-state index contributed by atoms with van der Waals surface area (Å²) in [7, 11) is 0. The van der Waals surface area contributed by atoms with Crippen LogP contribution in [-0.2, 0) is 0 Å². The van der Waals surface area contributed by atoms with Crippen LogP contribution in [0.1, 0.15) is 45.3 Å². The quantitative estimate of drug-likeness (QED) is 0.887. The molecule has 0 bridgehead atoms. The van der Waals surface area contributed by atoms with Crippen molar-refractivity contribution in [2.75, 3.05) is 11.4 Å². The number of anilines is 1. The topological polar surface area (TPSA) is 23.5 Å². The van der Waals surface area contributed by atoms with Crippen LogP contribution < -0.4 is 4.90 Å². The molecule has 0 aliphatic carbocycles. The Morgan fingerprint density at radius 1 is 1.39 bits per heavy atom. The molecule has 100 valence electrons. The van der Waals surface area contributed by atoms with Gasteiger partial charge in [0.2, 0.25) is 0 Å². The van der Waals surface area contributed by atoms with Crippen molar-refractivity contribution in [1.82, 2.24) is 0 Å². The highest BCUT2D eigenvalue weighted by atomic mass is 79.9. The van der Waals surface area contributed by atoms with E-state index in [0.29, 0.717) is 6.04 Å². The molecule has 0 aromatic heterocycles. The smallest absolute Gasteiger partial charge is 0.0782 e. The Balaban J connectivity index is 2.32. The number of benzene rings is 1. The second kappa shape index (κ2) is 5.62. The summed E-state index contributed by atoms with van der Waals surface area (Å²) < 4.78 is 1.03. The van der Waals surface area contributed by atoms with Crippen molar-refractivity contribution in [2.24, 2.45) is 5.92 Å². The monoisotopic (exact) mass is 311 g/mol. The van der Waals surface area contributed by atoms with Gasteiger partial charge in [-0.05, 0) is 50.8 Å². The standard InChI is InChI=1S/C15H22BrNO/c1-10-6-7-17(11(2)8-10)15-5-4-13(16)9-14(15)12(3)18/h4-5,9-12,18H,6-8H2,1-3H3. The number of hydrogen-bond acceptors (Lipinski definition) is 2. The number of aliphatic hydroxyl groups excluding tert-OH is 1. The molecule has 3 unspecified atom stereocenters. The van der Waals surface area contributed by atoms with Gasteiger partial charge in [-0.15, -0.1) is 0 Å². The molecule has 1 fully saturated rings. The van der Waals surface area contributed by atoms with Gasteiger partial charge in [-0.3, -0.25) is 0 Å². The molecule has 0 radical (unpaired) electrons. The molecule has 1 saturated heterocycles. The largest absolute Gasteiger partial charge is 0.389 e. The zero-order chi connectivity index (χ0) is 13.3. The number of piperidine rings is 1. The Hall–Kier alpha value is -0.540. The fourth-order valence-electron chi connectivity index (χ4n) is 2.89. The Kier molecular flexibility index (Phi) is 4.33. The predicted octanol–water partition coefficient (Wildman–Crippen LogP) is 4.13. The van der Waals surface area contributed by atoms with Crippen LogP contribution in [0.2, 0.25) is 0 Å². The summed E-state index contributed by atoms with van der Waals surface area (Å²) in [5, 5.41) is 9.95. The summed E-state index contributed by atoms with van der Waals surface area (Å²) in [5.74, 6) is 0.807. The lowest BCUT2D eigenvalue weighted by atomic mass is 9.92. The fraction of sp³-hybridized carbons (Fsp3) is 0.600. The maximum atomic E-state index is 9.95. The van der Waals surface area contributed by atoms with Gasteiger partial charge in [0.25, 0.3) is 0 Å². The highest BCUT2D eigenvalue weighted by Gasteiger charge is 2.25. The number of aliphatic hydroxyl groups is 1. The van der Waals surface area contributed by atoms with Crippen LogP contribution in [-0.4, -0.2) is 17.7 Å². The highest BCUT2D eigenvalue weighted by Crippen LogP contribution is 2.34. The molecule has 0 saturated carbocycles. The van der Waals surface area contributed by atoms with Crippen molar-refractivity contribution < 1.29 is 5.11 Å². The molecule has 18 heavy (non-hydrogen) atoms. The summed E-state index contributed by atoms with van der Waals surface area (Å²) >= 11 is 3.48. The second-order valence-electron chi connectivity index (χ2n) is 5.55. The first-order chi connectivity index (χ1) is 8.49. The molecule has 1 aliphatic heterocycles. The molecule has 1 aromatic rings. The molecule has 3 heteroatoms. The third-order valence-corrected chi connectivity index (χ3v) is 4.38. The molecule has 2 nitrogen and oxygen atoms in total. The van der Waals surface area contributed by atoms with E-state index in [4.69, 9.17) is 0 Å². The first kappa shape index (κ1) is 13.9. The minimum absolute atomic E-state index is 0.427. The van der Waals surface area contributed by atoms with E-state index in [1.54, 1.807) is 0 Å². The molecular formula is C15H22BrNO. The third-order valence-electron chi connectivity index (χ3n) is 3.89. The minimum Gasteiger partial charge on any atom is -0.389 e. The van der Waals surface area contributed by atoms with Gasteiger partial charge < -0.3 is 10.0 Å². The van der Waals surface area contributed by atoms with Crippen molar-refractivity contribution >= 4 is 21.6 Å². The van der Waals surface area contributed by atoms with Crippen LogP contribution >= 0.6 is 15.9 Å². The SMILES string of the molecule is CC1CCN(c2ccc(Br)cc2C(C)O)C(C)C1. The molecule has 2 rings (SSSR count). The van der Waals surface area contributed by atoms with Gasteiger partial charge in [0, 0.05) is 28.3 Å². The summed E-state index contributed by atoms with van der Waals surface area (Å²) in [6.45, 7) is 7.53. The van der Waals surface area contributed by atoms with Crippen LogP contribution in [0.15, 0.2) is 22.7 Å². The average Bonchev–Trinajstić information content (AvgIpc) is 2.29. The summed E-state index contributed by atoms with van der Waals surface area (Å²) in [6, 6.07) is 6.77. The Bertz CT molecular complexity index is 419. The van der Waals surface area contributed by atoms with Crippen LogP contribution in [0.25, 0.3) is 0 Å². The van der Waals surface area contributed by atoms with Crippen molar-refractivity contribution in [1.29, 1.82) is 0 Å². The van der Waals surface area contributed by atoms with E-state index in [-0.39, 0.29) is 0 Å². The minimum atomic E-state index is -0.427. The van der Waals surface area contributed by atoms with Gasteiger partial charge in [0.05, 0.1) is 6.10 Å². The lowest BCUT2D eigenvalue weighted by molar-refractivity contribution is 0.199. The van der Waals surface area contributed by atoms with E-state index >= 15 is 0 Å². The molecule has 1 aliphatic rings. The zero-order valence-electron chi connectivity index (χ0n) is 11.4. The lowest BCUT2D eigenvalue weighted by Crippen LogP contribution is -2.40. The molecule has 0 spiro atoms. The molecule has 3 atom stereocenters. The van der Waals surface area contributed by atoms with Gasteiger partial charge >= 0.3 is 0 Å². The summed E-state index contributed by atoms with van der Waals surface area (Å²) in [6.07, 6.45) is 2.04. The van der Waals surface area contributed by atoms with Crippen molar-refractivity contribution in [2.45, 2.75) is 45.8 Å². The molecule has 1 heterocycles. The van der Waals surface area contributed by atoms with E-state index in [2.05, 4.69) is 46.8 Å². The Morgan fingerprint density at radius 3 is 2.72 bits per heavy atom. The van der Waals surface area contributed by atoms with Gasteiger partial charge in [-0.1, -0.05) is 22.9 Å². The van der Waals surface area contributed by atoms with Crippen LogP contribution in [0.3, 0.4) is 0 Å². The zero-order valence-corrected chi connectivity index (χ0v) is 12.9. The Morgan fingerprint density at radius 2 is 2.11 bits per heavy atom. The van der Waals surface area contributed by atoms with Crippen LogP contribution in [0.4, 0.5) is 5.69 Å². The molecule has 0 amide bonds. The van der Waals surface area contributed by atoms with E-state index in [0.717, 1.165) is 22.5 Å². The molecular weight excluding hydrogens is 290 g/mol. The Labute approximate surface area is 118 Å². The van der Waals surface area contributed by atoms with Gasteiger partial charge in [-0.2, -0.15) is 0 Å². The molecule has 1 N–H and O–H groups in total. The van der Waals surface area contributed by atoms with Gasteiger partial charge in [0.1, 0.15) is 0 Å². The highest BCUT2D eigenvalue weighted by molar-refractivity contribution is 9.10. The number of nitrogens with zero attached hydrogens (tertiary/aromatic N) is 1. The average molecular weight is 312 g/mol. The fourth-order valence-corrected chi connectivity index (χ4v) is 3.27. The van der Waals surface area contributed by atoms with Gasteiger partial charge in [0.15, 0.2) is 0 Å². The van der Waals surface area contributed by atoms with Crippen LogP contribution in [0.5, 0.6) is 0 Å². The number of hydrogen-bond donors (Lipinski definition) is 1. The predicted molar refractivity (Wildman–Crippen MR) is 80.0 cm³/mol. The number of halogens is 1. The maximum absolute atomic E-state index is 9.95. The van der Waals surface area contributed by atoms with Crippen LogP contribution in [0, 0.1) is 5.92 Å².